The highest BCUT2D eigenvalue weighted by atomic mass is 16.8. The predicted octanol–water partition coefficient (Wildman–Crippen LogP) is 8.60. The molecule has 3 aliphatic carbocycles. The number of rotatable bonds is 11. The number of carbonyl (C=O) groups is 3. The van der Waals surface area contributed by atoms with Crippen molar-refractivity contribution in [2.45, 2.75) is 140 Å². The fourth-order valence-corrected chi connectivity index (χ4v) is 10.1. The number of epoxide rings is 1. The minimum atomic E-state index is -1.36. The van der Waals surface area contributed by atoms with Crippen LogP contribution in [0.5, 0.6) is 0 Å². The number of benzene rings is 3. The summed E-state index contributed by atoms with van der Waals surface area (Å²) in [6, 6.07) is 26.1. The van der Waals surface area contributed by atoms with E-state index in [0.717, 1.165) is 48.8 Å². The van der Waals surface area contributed by atoms with E-state index in [-0.39, 0.29) is 36.9 Å². The van der Waals surface area contributed by atoms with Crippen LogP contribution in [0.4, 0.5) is 0 Å². The molecule has 8 rings (SSSR count). The number of hydrogen-bond donors (Lipinski definition) is 2. The summed E-state index contributed by atoms with van der Waals surface area (Å²) in [7, 11) is 0. The Bertz CT molecular complexity index is 2120. The summed E-state index contributed by atoms with van der Waals surface area (Å²) in [5.74, 6) is -1.66. The Balaban J connectivity index is 1.05. The quantitative estimate of drug-likeness (QED) is 0.144. The maximum atomic E-state index is 14.3. The third-order valence-corrected chi connectivity index (χ3v) is 13.5. The van der Waals surface area contributed by atoms with E-state index in [1.165, 1.54) is 5.57 Å². The second kappa shape index (κ2) is 16.9. The highest BCUT2D eigenvalue weighted by Gasteiger charge is 2.57. The average molecular weight is 832 g/mol. The van der Waals surface area contributed by atoms with Crippen LogP contribution < -0.4 is 5.32 Å². The molecule has 3 aromatic carbocycles. The average Bonchev–Trinajstić information content (AvgIpc) is 3.68. The zero-order chi connectivity index (χ0) is 43.2. The van der Waals surface area contributed by atoms with Crippen LogP contribution in [0.2, 0.25) is 0 Å². The zero-order valence-electron chi connectivity index (χ0n) is 36.4. The van der Waals surface area contributed by atoms with Crippen LogP contribution in [-0.2, 0) is 39.1 Å². The van der Waals surface area contributed by atoms with Crippen LogP contribution >= 0.6 is 0 Å². The second-order valence-electron chi connectivity index (χ2n) is 19.6. The number of fused-ring (bicyclic) bond motifs is 3. The Labute approximate surface area is 360 Å². The molecule has 0 spiro atoms. The molecule has 8 unspecified atom stereocenters. The van der Waals surface area contributed by atoms with Crippen LogP contribution in [0.1, 0.15) is 120 Å². The largest absolute Gasteiger partial charge is 0.460 e. The van der Waals surface area contributed by atoms with Crippen LogP contribution in [-0.4, -0.2) is 71.2 Å². The first-order chi connectivity index (χ1) is 29.1. The van der Waals surface area contributed by atoms with Gasteiger partial charge in [-0.3, -0.25) is 9.59 Å². The van der Waals surface area contributed by atoms with Crippen molar-refractivity contribution in [1.29, 1.82) is 0 Å². The van der Waals surface area contributed by atoms with Gasteiger partial charge in [0, 0.05) is 29.5 Å². The summed E-state index contributed by atoms with van der Waals surface area (Å²) in [5.41, 5.74) is 4.23. The molecule has 2 aliphatic heterocycles. The summed E-state index contributed by atoms with van der Waals surface area (Å²) < 4.78 is 31.8. The number of esters is 2. The summed E-state index contributed by atoms with van der Waals surface area (Å²) in [6.07, 6.45) is 7.46. The Morgan fingerprint density at radius 3 is 2.28 bits per heavy atom. The van der Waals surface area contributed by atoms with E-state index in [1.807, 2.05) is 78.9 Å². The molecule has 10 heteroatoms. The first kappa shape index (κ1) is 43.1. The van der Waals surface area contributed by atoms with Gasteiger partial charge in [0.15, 0.2) is 0 Å². The maximum absolute atomic E-state index is 14.3. The van der Waals surface area contributed by atoms with E-state index in [2.05, 4.69) is 32.2 Å². The van der Waals surface area contributed by atoms with E-state index in [4.69, 9.17) is 23.7 Å². The highest BCUT2D eigenvalue weighted by Crippen LogP contribution is 2.60. The number of nitrogens with one attached hydrogen (secondary N) is 1. The number of ether oxygens (including phenoxy) is 5. The minimum Gasteiger partial charge on any atom is -0.460 e. The molecule has 0 radical (unpaired) electrons. The molecule has 0 aromatic heterocycles. The number of amides is 1. The van der Waals surface area contributed by atoms with E-state index in [1.54, 1.807) is 32.9 Å². The second-order valence-corrected chi connectivity index (χ2v) is 19.6. The van der Waals surface area contributed by atoms with Gasteiger partial charge in [-0.25, -0.2) is 4.79 Å². The zero-order valence-corrected chi connectivity index (χ0v) is 36.4. The first-order valence-electron chi connectivity index (χ1n) is 22.1. The van der Waals surface area contributed by atoms with Crippen molar-refractivity contribution in [3.05, 3.63) is 124 Å². The van der Waals surface area contributed by atoms with Gasteiger partial charge in [0.1, 0.15) is 23.9 Å². The fraction of sp³-hybridized carbons (Fsp3) is 0.510. The van der Waals surface area contributed by atoms with E-state index >= 15 is 0 Å². The third kappa shape index (κ3) is 9.29. The molecule has 4 fully saturated rings. The lowest BCUT2D eigenvalue weighted by Crippen LogP contribution is -2.45. The van der Waals surface area contributed by atoms with Crippen molar-refractivity contribution in [3.63, 3.8) is 0 Å². The summed E-state index contributed by atoms with van der Waals surface area (Å²) in [5, 5.41) is 13.1. The molecular weight excluding hydrogens is 771 g/mol. The molecule has 2 saturated heterocycles. The SMILES string of the molecule is CC(C)(C)OC(=O)CCC(CO)NC(=O)C1=CC2OC(c3ccccc3)(c3ccccc3)OC2C(OC(=O)c2cccc(C=C3CCC4OC4(C)CCC4C3CC4(C)C)c2)C1. The van der Waals surface area contributed by atoms with E-state index < -0.39 is 53.6 Å². The number of hydrogen-bond acceptors (Lipinski definition) is 9. The molecule has 2 N–H and O–H groups in total. The molecule has 5 aliphatic rings. The van der Waals surface area contributed by atoms with E-state index in [0.29, 0.717) is 29.1 Å². The lowest BCUT2D eigenvalue weighted by Gasteiger charge is -2.53. The Hall–Kier alpha value is -4.61. The van der Waals surface area contributed by atoms with Crippen molar-refractivity contribution in [2.24, 2.45) is 17.3 Å². The standard InChI is InChI=1S/C51H61NO9/c1-48(2,3)60-44(54)23-21-38(31-53)52-46(55)35-28-41(45-42(29-35)58-51(61-45,36-16-9-7-10-17-36)37-18-11-8-12-19-37)57-47(56)34-15-13-14-32(27-34)26-33-20-22-43-50(6,59-43)25-24-40-39(33)30-49(40,4)5/h7-19,26-27,29,38-43,45,53H,20-25,28,30-31H2,1-6H3,(H,52,55). The Morgan fingerprint density at radius 1 is 0.918 bits per heavy atom. The molecule has 1 amide bonds. The molecule has 2 saturated carbocycles. The van der Waals surface area contributed by atoms with Crippen LogP contribution in [0.15, 0.2) is 102 Å². The summed E-state index contributed by atoms with van der Waals surface area (Å²) in [4.78, 5) is 40.8. The summed E-state index contributed by atoms with van der Waals surface area (Å²) in [6.45, 7) is 12.0. The Kier molecular flexibility index (Phi) is 11.9. The van der Waals surface area contributed by atoms with Gasteiger partial charge in [-0.15, -0.1) is 0 Å². The smallest absolute Gasteiger partial charge is 0.338 e. The van der Waals surface area contributed by atoms with Crippen LogP contribution in [0.25, 0.3) is 6.08 Å². The van der Waals surface area contributed by atoms with Gasteiger partial charge in [-0.05, 0) is 107 Å². The molecular formula is C51H61NO9. The molecule has 61 heavy (non-hydrogen) atoms. The molecule has 10 nitrogen and oxygen atoms in total. The maximum Gasteiger partial charge on any atom is 0.338 e. The van der Waals surface area contributed by atoms with Crippen molar-refractivity contribution in [3.8, 4) is 0 Å². The monoisotopic (exact) mass is 831 g/mol. The van der Waals surface area contributed by atoms with Gasteiger partial charge in [0.05, 0.1) is 29.9 Å². The molecule has 2 heterocycles. The van der Waals surface area contributed by atoms with Gasteiger partial charge in [-0.2, -0.15) is 0 Å². The van der Waals surface area contributed by atoms with Crippen molar-refractivity contribution in [2.75, 3.05) is 6.61 Å². The van der Waals surface area contributed by atoms with Gasteiger partial charge in [0.2, 0.25) is 11.7 Å². The van der Waals surface area contributed by atoms with Crippen molar-refractivity contribution in [1.82, 2.24) is 5.32 Å². The van der Waals surface area contributed by atoms with Crippen molar-refractivity contribution >= 4 is 23.9 Å². The number of allylic oxidation sites excluding steroid dienone is 1. The van der Waals surface area contributed by atoms with Gasteiger partial charge >= 0.3 is 11.9 Å². The topological polar surface area (TPSA) is 133 Å². The predicted molar refractivity (Wildman–Crippen MR) is 231 cm³/mol. The number of aliphatic hydroxyl groups is 1. The highest BCUT2D eigenvalue weighted by molar-refractivity contribution is 5.94. The number of aliphatic hydroxyl groups excluding tert-OH is 1. The van der Waals surface area contributed by atoms with Crippen molar-refractivity contribution < 1.29 is 43.2 Å². The third-order valence-electron chi connectivity index (χ3n) is 13.5. The van der Waals surface area contributed by atoms with Crippen LogP contribution in [0.3, 0.4) is 0 Å². The molecule has 324 valence electrons. The normalized spacial score (nSPS) is 29.8. The lowest BCUT2D eigenvalue weighted by atomic mass is 9.52. The molecule has 0 bridgehead atoms. The lowest BCUT2D eigenvalue weighted by molar-refractivity contribution is -0.157. The van der Waals surface area contributed by atoms with Gasteiger partial charge in [-0.1, -0.05) is 98.3 Å². The summed E-state index contributed by atoms with van der Waals surface area (Å²) >= 11 is 0. The Morgan fingerprint density at radius 2 is 1.62 bits per heavy atom. The van der Waals surface area contributed by atoms with Gasteiger partial charge < -0.3 is 34.1 Å². The number of carbonyl (C=O) groups excluding carboxylic acids is 3. The first-order valence-corrected chi connectivity index (χ1v) is 22.1. The van der Waals surface area contributed by atoms with Gasteiger partial charge in [0.25, 0.3) is 0 Å². The minimum absolute atomic E-state index is 0.00143. The molecule has 8 atom stereocenters. The van der Waals surface area contributed by atoms with Crippen LogP contribution in [0, 0.1) is 17.3 Å². The fourth-order valence-electron chi connectivity index (χ4n) is 10.1. The van der Waals surface area contributed by atoms with E-state index in [9.17, 15) is 19.5 Å². The molecule has 3 aromatic rings.